The van der Waals surface area contributed by atoms with E-state index in [1.165, 1.54) is 19.8 Å². The number of carbonyl (C=O) groups excluding carboxylic acids is 1. The maximum absolute atomic E-state index is 12.0. The van der Waals surface area contributed by atoms with Crippen molar-refractivity contribution in [1.29, 1.82) is 0 Å². The van der Waals surface area contributed by atoms with E-state index in [-0.39, 0.29) is 6.42 Å². The van der Waals surface area contributed by atoms with Gasteiger partial charge in [0.05, 0.1) is 5.71 Å². The van der Waals surface area contributed by atoms with Gasteiger partial charge in [-0.2, -0.15) is 0 Å². The van der Waals surface area contributed by atoms with Gasteiger partial charge < -0.3 is 10.6 Å². The number of nitrogens with zero attached hydrogens (tertiary/aromatic N) is 1. The third kappa shape index (κ3) is 3.91. The van der Waals surface area contributed by atoms with Crippen LogP contribution in [-0.2, 0) is 19.5 Å². The van der Waals surface area contributed by atoms with Gasteiger partial charge in [0.2, 0.25) is 5.91 Å². The average molecular weight is 374 g/mol. The van der Waals surface area contributed by atoms with Crippen LogP contribution in [-0.4, -0.2) is 37.1 Å². The summed E-state index contributed by atoms with van der Waals surface area (Å²) >= 11 is 0. The van der Waals surface area contributed by atoms with Crippen molar-refractivity contribution >= 4 is 21.5 Å². The molecule has 3 rings (SSSR count). The van der Waals surface area contributed by atoms with Crippen molar-refractivity contribution in [3.8, 4) is 11.8 Å². The minimum absolute atomic E-state index is 0.0287. The number of nitrogens with two attached hydrogens (primary N) is 1. The van der Waals surface area contributed by atoms with Crippen LogP contribution in [0.25, 0.3) is 0 Å². The molecule has 26 heavy (non-hydrogen) atoms. The summed E-state index contributed by atoms with van der Waals surface area (Å²) in [5, 5.41) is 4.06. The number of hydrogen-bond acceptors (Lipinski definition) is 5. The molecule has 7 heteroatoms. The second-order valence-electron chi connectivity index (χ2n) is 7.16. The molecule has 0 aromatic heterocycles. The Morgan fingerprint density at radius 1 is 1.35 bits per heavy atom. The minimum atomic E-state index is -3.67. The second-order valence-corrected chi connectivity index (χ2v) is 9.61. The zero-order valence-corrected chi connectivity index (χ0v) is 15.7. The molecule has 138 valence electrons. The molecule has 1 fully saturated rings. The van der Waals surface area contributed by atoms with Crippen LogP contribution in [0.1, 0.15) is 43.7 Å². The predicted octanol–water partition coefficient (Wildman–Crippen LogP) is 1.62. The molecule has 1 amide bonds. The fourth-order valence-corrected chi connectivity index (χ4v) is 3.59. The van der Waals surface area contributed by atoms with Gasteiger partial charge in [-0.1, -0.05) is 29.1 Å². The van der Waals surface area contributed by atoms with Crippen LogP contribution in [0, 0.1) is 17.8 Å². The first-order valence-electron chi connectivity index (χ1n) is 8.53. The lowest BCUT2D eigenvalue weighted by atomic mass is 9.96. The van der Waals surface area contributed by atoms with Crippen LogP contribution < -0.4 is 5.73 Å². The number of hydrogen-bond donors (Lipinski definition) is 1. The second kappa shape index (κ2) is 6.76. The fraction of sp³-hybridized carbons (Fsp3) is 0.474. The lowest BCUT2D eigenvalue weighted by Gasteiger charge is -2.25. The summed E-state index contributed by atoms with van der Waals surface area (Å²) in [4.78, 5) is 17.1. The number of rotatable bonds is 5. The Balaban J connectivity index is 1.66. The van der Waals surface area contributed by atoms with Crippen LogP contribution in [0.3, 0.4) is 0 Å². The summed E-state index contributed by atoms with van der Waals surface area (Å²) in [6, 6.07) is 7.71. The van der Waals surface area contributed by atoms with Crippen LogP contribution in [0.2, 0.25) is 0 Å². The standard InChI is InChI=1S/C19H22N2O4S/c1-19(18(20)22,26(2,23)24)12-16-11-17(21-25-16)15-9-7-14(8-10-15)6-5-13-3-4-13/h7-10,13,16H,3-4,11-12H2,1-2H3,(H2,20,22)/t16-,19-/m1/s1. The molecule has 0 bridgehead atoms. The van der Waals surface area contributed by atoms with Gasteiger partial charge in [0.25, 0.3) is 0 Å². The molecule has 1 aliphatic heterocycles. The predicted molar refractivity (Wildman–Crippen MR) is 99.1 cm³/mol. The number of benzene rings is 1. The zero-order chi connectivity index (χ0) is 18.9. The Morgan fingerprint density at radius 2 is 2.00 bits per heavy atom. The maximum atomic E-state index is 12.0. The summed E-state index contributed by atoms with van der Waals surface area (Å²) < 4.78 is 22.3. The monoisotopic (exact) mass is 374 g/mol. The van der Waals surface area contributed by atoms with E-state index in [0.717, 1.165) is 23.1 Å². The van der Waals surface area contributed by atoms with Crippen LogP contribution >= 0.6 is 0 Å². The molecule has 1 saturated carbocycles. The zero-order valence-electron chi connectivity index (χ0n) is 14.9. The molecule has 2 N–H and O–H groups in total. The van der Waals surface area contributed by atoms with Gasteiger partial charge in [0.1, 0.15) is 6.10 Å². The molecule has 1 aliphatic carbocycles. The van der Waals surface area contributed by atoms with E-state index in [4.69, 9.17) is 10.6 Å². The normalized spacial score (nSPS) is 21.8. The lowest BCUT2D eigenvalue weighted by Crippen LogP contribution is -2.49. The molecule has 2 aliphatic rings. The fourth-order valence-electron chi connectivity index (χ4n) is 2.74. The van der Waals surface area contributed by atoms with Gasteiger partial charge in [-0.15, -0.1) is 0 Å². The molecule has 2 atom stereocenters. The first-order chi connectivity index (χ1) is 12.2. The summed E-state index contributed by atoms with van der Waals surface area (Å²) in [5.74, 6) is 6.04. The summed E-state index contributed by atoms with van der Waals surface area (Å²) in [7, 11) is -3.67. The van der Waals surface area contributed by atoms with Crippen molar-refractivity contribution in [2.45, 2.75) is 43.5 Å². The molecule has 1 heterocycles. The largest absolute Gasteiger partial charge is 0.392 e. The Morgan fingerprint density at radius 3 is 2.54 bits per heavy atom. The quantitative estimate of drug-likeness (QED) is 0.792. The van der Waals surface area contributed by atoms with E-state index >= 15 is 0 Å². The summed E-state index contributed by atoms with van der Waals surface area (Å²) in [5.41, 5.74) is 7.89. The number of amides is 1. The van der Waals surface area contributed by atoms with Crippen molar-refractivity contribution in [1.82, 2.24) is 0 Å². The van der Waals surface area contributed by atoms with Gasteiger partial charge in [-0.05, 0) is 37.5 Å². The molecule has 1 aromatic rings. The highest BCUT2D eigenvalue weighted by atomic mass is 32.2. The van der Waals surface area contributed by atoms with Crippen molar-refractivity contribution < 1.29 is 18.0 Å². The van der Waals surface area contributed by atoms with Gasteiger partial charge >= 0.3 is 0 Å². The van der Waals surface area contributed by atoms with Gasteiger partial charge in [0, 0.05) is 30.6 Å². The molecular weight excluding hydrogens is 352 g/mol. The van der Waals surface area contributed by atoms with Gasteiger partial charge in [-0.3, -0.25) is 4.79 Å². The summed E-state index contributed by atoms with van der Waals surface area (Å²) in [6.07, 6.45) is 3.28. The van der Waals surface area contributed by atoms with Gasteiger partial charge in [0.15, 0.2) is 14.6 Å². The number of primary amides is 1. The SMILES string of the molecule is C[C@@](C[C@H]1CC(c2ccc(C#CC3CC3)cc2)=NO1)(C(N)=O)S(C)(=O)=O. The van der Waals surface area contributed by atoms with E-state index in [0.29, 0.717) is 12.3 Å². The van der Waals surface area contributed by atoms with Gasteiger partial charge in [-0.25, -0.2) is 8.42 Å². The van der Waals surface area contributed by atoms with E-state index in [1.54, 1.807) is 0 Å². The molecular formula is C19H22N2O4S. The third-order valence-corrected chi connectivity index (χ3v) is 6.91. The van der Waals surface area contributed by atoms with Crippen molar-refractivity contribution in [3.05, 3.63) is 35.4 Å². The number of oxime groups is 1. The Labute approximate surface area is 153 Å². The molecule has 0 unspecified atom stereocenters. The van der Waals surface area contributed by atoms with Crippen molar-refractivity contribution in [2.24, 2.45) is 16.8 Å². The topological polar surface area (TPSA) is 98.8 Å². The molecule has 0 saturated heterocycles. The number of carbonyl (C=O) groups is 1. The minimum Gasteiger partial charge on any atom is -0.392 e. The number of sulfone groups is 1. The summed E-state index contributed by atoms with van der Waals surface area (Å²) in [6.45, 7) is 1.33. The Bertz CT molecular complexity index is 905. The average Bonchev–Trinajstić information content (AvgIpc) is 3.30. The Hall–Kier alpha value is -2.33. The third-order valence-electron chi connectivity index (χ3n) is 4.91. The highest BCUT2D eigenvalue weighted by Crippen LogP contribution is 2.29. The van der Waals surface area contributed by atoms with Crippen molar-refractivity contribution in [2.75, 3.05) is 6.26 Å². The van der Waals surface area contributed by atoms with E-state index in [1.807, 2.05) is 24.3 Å². The van der Waals surface area contributed by atoms with Crippen LogP contribution in [0.5, 0.6) is 0 Å². The molecule has 0 spiro atoms. The first-order valence-corrected chi connectivity index (χ1v) is 10.4. The van der Waals surface area contributed by atoms with E-state index < -0.39 is 26.6 Å². The molecule has 0 radical (unpaired) electrons. The Kier molecular flexibility index (Phi) is 4.80. The lowest BCUT2D eigenvalue weighted by molar-refractivity contribution is -0.121. The van der Waals surface area contributed by atoms with E-state index in [2.05, 4.69) is 17.0 Å². The van der Waals surface area contributed by atoms with Crippen molar-refractivity contribution in [3.63, 3.8) is 0 Å². The van der Waals surface area contributed by atoms with E-state index in [9.17, 15) is 13.2 Å². The molecule has 6 nitrogen and oxygen atoms in total. The highest BCUT2D eigenvalue weighted by molar-refractivity contribution is 7.92. The highest BCUT2D eigenvalue weighted by Gasteiger charge is 2.45. The molecule has 1 aromatic carbocycles. The van der Waals surface area contributed by atoms with Crippen LogP contribution in [0.4, 0.5) is 0 Å². The van der Waals surface area contributed by atoms with Crippen LogP contribution in [0.15, 0.2) is 29.4 Å². The maximum Gasteiger partial charge on any atom is 0.238 e. The smallest absolute Gasteiger partial charge is 0.238 e. The first kappa shape index (κ1) is 18.5.